The largest absolute Gasteiger partial charge is 0.298 e. The molecule has 3 fully saturated rings. The minimum absolute atomic E-state index is 0.0175. The molecule has 0 bridgehead atoms. The fourth-order valence-electron chi connectivity index (χ4n) is 6.80. The average molecular weight is 532 g/mol. The molecule has 0 aromatic carbocycles. The van der Waals surface area contributed by atoms with Gasteiger partial charge >= 0.3 is 0 Å². The van der Waals surface area contributed by atoms with Gasteiger partial charge in [0.2, 0.25) is 0 Å². The molecule has 0 heterocycles. The monoisotopic (exact) mass is 530 g/mol. The predicted molar refractivity (Wildman–Crippen MR) is 128 cm³/mol. The Morgan fingerprint density at radius 1 is 0.724 bits per heavy atom. The Bertz CT molecular complexity index is 563. The Balaban J connectivity index is 1.49. The van der Waals surface area contributed by atoms with Crippen LogP contribution in [0.1, 0.15) is 97.3 Å². The van der Waals surface area contributed by atoms with E-state index in [0.29, 0.717) is 35.2 Å². The van der Waals surface area contributed by atoms with Crippen molar-refractivity contribution in [3.8, 4) is 0 Å². The molecule has 0 aromatic heterocycles. The van der Waals surface area contributed by atoms with E-state index in [4.69, 9.17) is 0 Å². The van der Waals surface area contributed by atoms with Gasteiger partial charge in [0.1, 0.15) is 11.6 Å². The van der Waals surface area contributed by atoms with Gasteiger partial charge in [-0.25, -0.2) is 0 Å². The van der Waals surface area contributed by atoms with Crippen LogP contribution in [0.5, 0.6) is 0 Å². The highest BCUT2D eigenvalue weighted by molar-refractivity contribution is 9.10. The Labute approximate surface area is 195 Å². The van der Waals surface area contributed by atoms with Crippen molar-refractivity contribution in [2.45, 2.75) is 107 Å². The molecule has 166 valence electrons. The Morgan fingerprint density at radius 2 is 1.21 bits per heavy atom. The number of ketones is 2. The minimum Gasteiger partial charge on any atom is -0.298 e. The number of hydrogen-bond acceptors (Lipinski definition) is 2. The van der Waals surface area contributed by atoms with E-state index in [1.807, 2.05) is 0 Å². The van der Waals surface area contributed by atoms with Crippen LogP contribution in [-0.4, -0.2) is 21.2 Å². The van der Waals surface area contributed by atoms with Crippen LogP contribution < -0.4 is 0 Å². The zero-order valence-electron chi connectivity index (χ0n) is 18.4. The van der Waals surface area contributed by atoms with E-state index in [9.17, 15) is 9.59 Å². The molecule has 3 aliphatic rings. The first-order valence-electron chi connectivity index (χ1n) is 12.3. The van der Waals surface area contributed by atoms with E-state index in [1.54, 1.807) is 0 Å². The molecular weight excluding hydrogens is 492 g/mol. The minimum atomic E-state index is 0.0175. The second-order valence-electron chi connectivity index (χ2n) is 10.1. The number of carbonyl (C=O) groups is 2. The quantitative estimate of drug-likeness (QED) is 0.204. The van der Waals surface area contributed by atoms with Crippen LogP contribution in [0.25, 0.3) is 0 Å². The van der Waals surface area contributed by atoms with E-state index in [1.165, 1.54) is 64.2 Å². The van der Waals surface area contributed by atoms with Gasteiger partial charge in [-0.05, 0) is 42.9 Å². The number of halogens is 2. The summed E-state index contributed by atoms with van der Waals surface area (Å²) in [7, 11) is 0. The summed E-state index contributed by atoms with van der Waals surface area (Å²) in [5.74, 6) is 2.83. The fraction of sp³-hybridized carbons (Fsp3) is 0.920. The molecule has 3 aliphatic carbocycles. The van der Waals surface area contributed by atoms with Crippen molar-refractivity contribution >= 4 is 43.4 Å². The van der Waals surface area contributed by atoms with E-state index < -0.39 is 0 Å². The summed E-state index contributed by atoms with van der Waals surface area (Å²) in [6.07, 6.45) is 16.5. The molecule has 0 saturated heterocycles. The molecule has 0 amide bonds. The molecule has 0 aromatic rings. The fourth-order valence-corrected chi connectivity index (χ4v) is 8.27. The van der Waals surface area contributed by atoms with Crippen molar-refractivity contribution < 1.29 is 9.59 Å². The summed E-state index contributed by atoms with van der Waals surface area (Å²) in [5, 5.41) is 0. The van der Waals surface area contributed by atoms with Crippen molar-refractivity contribution in [1.29, 1.82) is 0 Å². The summed E-state index contributed by atoms with van der Waals surface area (Å²) >= 11 is 7.29. The van der Waals surface area contributed by atoms with Crippen LogP contribution in [0.2, 0.25) is 0 Å². The van der Waals surface area contributed by atoms with E-state index in [0.717, 1.165) is 19.3 Å². The SMILES string of the molecule is CCCCCCCCCCCCC1C2CC(Br)C(=O)C2C(C)C2CC(Br)C(=O)C21. The normalized spacial score (nSPS) is 39.0. The van der Waals surface area contributed by atoms with Gasteiger partial charge in [-0.1, -0.05) is 110 Å². The maximum atomic E-state index is 13.0. The maximum absolute atomic E-state index is 13.0. The van der Waals surface area contributed by atoms with Crippen molar-refractivity contribution in [2.75, 3.05) is 0 Å². The van der Waals surface area contributed by atoms with Gasteiger partial charge in [-0.2, -0.15) is 0 Å². The number of hydrogen-bond donors (Lipinski definition) is 0. The Kier molecular flexibility index (Phi) is 9.29. The van der Waals surface area contributed by atoms with Gasteiger partial charge in [0.05, 0.1) is 9.65 Å². The Hall–Kier alpha value is 0.300. The smallest absolute Gasteiger partial charge is 0.150 e. The molecule has 8 unspecified atom stereocenters. The summed E-state index contributed by atoms with van der Waals surface area (Å²) < 4.78 is 0. The predicted octanol–water partition coefficient (Wildman–Crippen LogP) is 7.50. The molecule has 0 N–H and O–H groups in total. The second-order valence-corrected chi connectivity index (χ2v) is 12.3. The van der Waals surface area contributed by atoms with Crippen molar-refractivity contribution in [3.63, 3.8) is 0 Å². The topological polar surface area (TPSA) is 34.1 Å². The summed E-state index contributed by atoms with van der Waals surface area (Å²) in [4.78, 5) is 25.9. The lowest BCUT2D eigenvalue weighted by atomic mass is 9.58. The third-order valence-corrected chi connectivity index (χ3v) is 9.95. The molecule has 0 spiro atoms. The molecule has 8 atom stereocenters. The zero-order chi connectivity index (χ0) is 21.0. The maximum Gasteiger partial charge on any atom is 0.150 e. The first-order chi connectivity index (χ1) is 14.0. The number of fused-ring (bicyclic) bond motifs is 2. The number of rotatable bonds is 11. The molecule has 29 heavy (non-hydrogen) atoms. The molecule has 0 aliphatic heterocycles. The molecule has 4 heteroatoms. The van der Waals surface area contributed by atoms with E-state index in [2.05, 4.69) is 45.7 Å². The lowest BCUT2D eigenvalue weighted by Gasteiger charge is -2.45. The van der Waals surface area contributed by atoms with Gasteiger partial charge in [-0.15, -0.1) is 0 Å². The highest BCUT2D eigenvalue weighted by Crippen LogP contribution is 2.58. The Morgan fingerprint density at radius 3 is 1.79 bits per heavy atom. The number of unbranched alkanes of at least 4 members (excludes halogenated alkanes) is 9. The lowest BCUT2D eigenvalue weighted by Crippen LogP contribution is -2.45. The highest BCUT2D eigenvalue weighted by atomic mass is 79.9. The zero-order valence-corrected chi connectivity index (χ0v) is 21.6. The number of carbonyl (C=O) groups excluding carboxylic acids is 2. The summed E-state index contributed by atoms with van der Waals surface area (Å²) in [6, 6.07) is 0. The van der Waals surface area contributed by atoms with E-state index >= 15 is 0 Å². The molecule has 3 rings (SSSR count). The van der Waals surface area contributed by atoms with Crippen molar-refractivity contribution in [1.82, 2.24) is 0 Å². The van der Waals surface area contributed by atoms with Crippen molar-refractivity contribution in [2.24, 2.45) is 35.5 Å². The van der Waals surface area contributed by atoms with E-state index in [-0.39, 0.29) is 21.5 Å². The molecule has 2 nitrogen and oxygen atoms in total. The van der Waals surface area contributed by atoms with Crippen LogP contribution in [0.3, 0.4) is 0 Å². The number of alkyl halides is 2. The first kappa shape index (κ1) is 24.0. The van der Waals surface area contributed by atoms with Crippen LogP contribution in [0.15, 0.2) is 0 Å². The van der Waals surface area contributed by atoms with Gasteiger partial charge in [-0.3, -0.25) is 9.59 Å². The van der Waals surface area contributed by atoms with Crippen LogP contribution in [-0.2, 0) is 9.59 Å². The molecule has 0 radical (unpaired) electrons. The van der Waals surface area contributed by atoms with Crippen LogP contribution in [0.4, 0.5) is 0 Å². The average Bonchev–Trinajstić information content (AvgIpc) is 3.16. The molecule has 3 saturated carbocycles. The van der Waals surface area contributed by atoms with Gasteiger partial charge in [0.15, 0.2) is 0 Å². The first-order valence-corrected chi connectivity index (χ1v) is 14.2. The third-order valence-electron chi connectivity index (χ3n) is 8.30. The summed E-state index contributed by atoms with van der Waals surface area (Å²) in [6.45, 7) is 4.52. The van der Waals surface area contributed by atoms with Crippen molar-refractivity contribution in [3.05, 3.63) is 0 Å². The standard InChI is InChI=1S/C25H40Br2O2/c1-3-4-5-6-7-8-9-10-11-12-13-17-19-15-21(27)24(28)22(19)16(2)18-14-20(26)25(29)23(17)18/h16-23H,3-15H2,1-2H3. The second kappa shape index (κ2) is 11.2. The van der Waals surface area contributed by atoms with Gasteiger partial charge in [0, 0.05) is 11.8 Å². The van der Waals surface area contributed by atoms with Crippen LogP contribution >= 0.6 is 31.9 Å². The summed E-state index contributed by atoms with van der Waals surface area (Å²) in [5.41, 5.74) is 0. The molecular formula is C25H40Br2O2. The third kappa shape index (κ3) is 5.38. The highest BCUT2D eigenvalue weighted by Gasteiger charge is 2.60. The van der Waals surface area contributed by atoms with Gasteiger partial charge in [0.25, 0.3) is 0 Å². The lowest BCUT2D eigenvalue weighted by molar-refractivity contribution is -0.133. The van der Waals surface area contributed by atoms with Crippen LogP contribution in [0, 0.1) is 35.5 Å². The van der Waals surface area contributed by atoms with Gasteiger partial charge < -0.3 is 0 Å². The number of Topliss-reactive ketones (excluding diaryl/α,β-unsaturated/α-hetero) is 2.